The molecule has 104 valence electrons. The van der Waals surface area contributed by atoms with Crippen molar-refractivity contribution in [3.8, 4) is 0 Å². The number of carbonyl (C=O) groups is 2. The Bertz CT molecular complexity index is 480. The summed E-state index contributed by atoms with van der Waals surface area (Å²) >= 11 is 9.18. The number of amides is 2. The summed E-state index contributed by atoms with van der Waals surface area (Å²) in [6, 6.07) is 4.97. The third-order valence-corrected chi connectivity index (χ3v) is 3.77. The highest BCUT2D eigenvalue weighted by molar-refractivity contribution is 9.10. The van der Waals surface area contributed by atoms with Gasteiger partial charge in [0.05, 0.1) is 11.6 Å². The molecule has 1 N–H and O–H groups in total. The van der Waals surface area contributed by atoms with Crippen LogP contribution in [0, 0.1) is 0 Å². The van der Waals surface area contributed by atoms with Gasteiger partial charge in [-0.1, -0.05) is 18.5 Å². The first-order valence-electron chi connectivity index (χ1n) is 5.94. The average Bonchev–Trinajstić information content (AvgIpc) is 2.40. The van der Waals surface area contributed by atoms with Gasteiger partial charge >= 0.3 is 0 Å². The van der Waals surface area contributed by atoms with Crippen molar-refractivity contribution in [2.45, 2.75) is 13.3 Å². The van der Waals surface area contributed by atoms with Gasteiger partial charge in [-0.3, -0.25) is 9.59 Å². The topological polar surface area (TPSA) is 49.4 Å². The maximum absolute atomic E-state index is 12.3. The van der Waals surface area contributed by atoms with Gasteiger partial charge in [-0.25, -0.2) is 0 Å². The van der Waals surface area contributed by atoms with Gasteiger partial charge in [0, 0.05) is 23.6 Å². The molecule has 0 spiro atoms. The van der Waals surface area contributed by atoms with Crippen LogP contribution in [0.1, 0.15) is 23.7 Å². The number of hydrogen-bond acceptors (Lipinski definition) is 2. The zero-order valence-corrected chi connectivity index (χ0v) is 13.2. The number of benzene rings is 1. The Balaban J connectivity index is 2.91. The first-order chi connectivity index (χ1) is 8.99. The van der Waals surface area contributed by atoms with Crippen LogP contribution < -0.4 is 5.32 Å². The lowest BCUT2D eigenvalue weighted by molar-refractivity contribution is -0.121. The number of rotatable bonds is 5. The quantitative estimate of drug-likeness (QED) is 0.890. The molecule has 0 heterocycles. The van der Waals surface area contributed by atoms with Gasteiger partial charge in [0.15, 0.2) is 0 Å². The van der Waals surface area contributed by atoms with Crippen LogP contribution in [-0.4, -0.2) is 36.9 Å². The fourth-order valence-corrected chi connectivity index (χ4v) is 2.08. The monoisotopic (exact) mass is 346 g/mol. The van der Waals surface area contributed by atoms with Crippen molar-refractivity contribution in [1.29, 1.82) is 0 Å². The molecular formula is C13H16BrClN2O2. The van der Waals surface area contributed by atoms with E-state index in [1.165, 1.54) is 4.90 Å². The van der Waals surface area contributed by atoms with E-state index in [0.29, 0.717) is 21.6 Å². The van der Waals surface area contributed by atoms with Crippen molar-refractivity contribution < 1.29 is 9.59 Å². The highest BCUT2D eigenvalue weighted by Crippen LogP contribution is 2.23. The summed E-state index contributed by atoms with van der Waals surface area (Å²) < 4.78 is 0.663. The largest absolute Gasteiger partial charge is 0.358 e. The van der Waals surface area contributed by atoms with Crippen LogP contribution >= 0.6 is 27.5 Å². The van der Waals surface area contributed by atoms with Crippen LogP contribution in [0.2, 0.25) is 5.02 Å². The Morgan fingerprint density at radius 2 is 2.11 bits per heavy atom. The van der Waals surface area contributed by atoms with Crippen LogP contribution in [0.15, 0.2) is 22.7 Å². The molecule has 0 radical (unpaired) electrons. The zero-order chi connectivity index (χ0) is 14.4. The molecule has 0 unspecified atom stereocenters. The van der Waals surface area contributed by atoms with Gasteiger partial charge in [0.2, 0.25) is 5.91 Å². The summed E-state index contributed by atoms with van der Waals surface area (Å²) in [5.41, 5.74) is 0.508. The number of nitrogens with zero attached hydrogens (tertiary/aromatic N) is 1. The number of halogens is 2. The molecule has 0 saturated heterocycles. The predicted molar refractivity (Wildman–Crippen MR) is 79.4 cm³/mol. The van der Waals surface area contributed by atoms with Crippen LogP contribution in [0.5, 0.6) is 0 Å². The molecule has 0 aromatic heterocycles. The summed E-state index contributed by atoms with van der Waals surface area (Å²) in [5.74, 6) is -0.363. The molecule has 0 saturated carbocycles. The van der Waals surface area contributed by atoms with E-state index in [-0.39, 0.29) is 18.4 Å². The van der Waals surface area contributed by atoms with Crippen LogP contribution in [-0.2, 0) is 4.79 Å². The molecule has 1 aromatic carbocycles. The fourth-order valence-electron chi connectivity index (χ4n) is 1.59. The normalized spacial score (nSPS) is 10.1. The van der Waals surface area contributed by atoms with E-state index in [2.05, 4.69) is 21.2 Å². The number of hydrogen-bond donors (Lipinski definition) is 1. The highest BCUT2D eigenvalue weighted by Gasteiger charge is 2.18. The first-order valence-corrected chi connectivity index (χ1v) is 7.11. The molecule has 0 atom stereocenters. The maximum atomic E-state index is 12.3. The Morgan fingerprint density at radius 1 is 1.42 bits per heavy atom. The number of likely N-dealkylation sites (N-methyl/N-ethyl adjacent to an activating group) is 1. The third-order valence-electron chi connectivity index (χ3n) is 2.56. The number of nitrogens with one attached hydrogen (secondary N) is 1. The van der Waals surface area contributed by atoms with Crippen molar-refractivity contribution >= 4 is 39.3 Å². The molecule has 0 aliphatic heterocycles. The molecule has 19 heavy (non-hydrogen) atoms. The molecule has 0 fully saturated rings. The Morgan fingerprint density at radius 3 is 2.63 bits per heavy atom. The Hall–Kier alpha value is -1.07. The Labute approximate surface area is 126 Å². The van der Waals surface area contributed by atoms with E-state index in [1.807, 2.05) is 6.92 Å². The van der Waals surface area contributed by atoms with Gasteiger partial charge in [-0.2, -0.15) is 0 Å². The molecule has 1 rings (SSSR count). The molecule has 6 heteroatoms. The lowest BCUT2D eigenvalue weighted by Crippen LogP contribution is -2.40. The second-order valence-electron chi connectivity index (χ2n) is 4.03. The molecular weight excluding hydrogens is 332 g/mol. The van der Waals surface area contributed by atoms with Crippen molar-refractivity contribution in [2.24, 2.45) is 0 Å². The van der Waals surface area contributed by atoms with E-state index in [1.54, 1.807) is 25.2 Å². The Kier molecular flexibility index (Phi) is 6.31. The van der Waals surface area contributed by atoms with E-state index >= 15 is 0 Å². The van der Waals surface area contributed by atoms with Crippen molar-refractivity contribution in [2.75, 3.05) is 20.1 Å². The zero-order valence-electron chi connectivity index (χ0n) is 10.9. The van der Waals surface area contributed by atoms with E-state index in [0.717, 1.165) is 6.42 Å². The third kappa shape index (κ3) is 4.51. The summed E-state index contributed by atoms with van der Waals surface area (Å²) in [5, 5.41) is 3.06. The highest BCUT2D eigenvalue weighted by atomic mass is 79.9. The maximum Gasteiger partial charge on any atom is 0.254 e. The summed E-state index contributed by atoms with van der Waals surface area (Å²) in [6.45, 7) is 2.55. The average molecular weight is 348 g/mol. The lowest BCUT2D eigenvalue weighted by atomic mass is 10.2. The van der Waals surface area contributed by atoms with Gasteiger partial charge in [-0.15, -0.1) is 0 Å². The van der Waals surface area contributed by atoms with Crippen molar-refractivity contribution in [3.63, 3.8) is 0 Å². The van der Waals surface area contributed by atoms with Gasteiger partial charge in [0.1, 0.15) is 0 Å². The fraction of sp³-hybridized carbons (Fsp3) is 0.385. The van der Waals surface area contributed by atoms with E-state index in [4.69, 9.17) is 11.6 Å². The predicted octanol–water partition coefficient (Wildman–Crippen LogP) is 2.70. The number of carbonyl (C=O) groups excluding carboxylic acids is 2. The minimum atomic E-state index is -0.185. The van der Waals surface area contributed by atoms with Crippen LogP contribution in [0.4, 0.5) is 0 Å². The van der Waals surface area contributed by atoms with Crippen molar-refractivity contribution in [3.05, 3.63) is 33.3 Å². The standard InChI is InChI=1S/C13H16BrClN2O2/c1-3-6-17(8-12(18)16-2)13(19)9-4-5-11(15)10(14)7-9/h4-5,7H,3,6,8H2,1-2H3,(H,16,18). The van der Waals surface area contributed by atoms with Crippen LogP contribution in [0.3, 0.4) is 0 Å². The molecule has 0 aliphatic rings. The summed E-state index contributed by atoms with van der Waals surface area (Å²) in [6.07, 6.45) is 0.789. The van der Waals surface area contributed by atoms with Gasteiger partial charge < -0.3 is 10.2 Å². The van der Waals surface area contributed by atoms with Crippen molar-refractivity contribution in [1.82, 2.24) is 10.2 Å². The summed E-state index contributed by atoms with van der Waals surface area (Å²) in [7, 11) is 1.55. The van der Waals surface area contributed by atoms with E-state index < -0.39 is 0 Å². The first kappa shape index (κ1) is 16.0. The molecule has 2 amide bonds. The molecule has 0 aliphatic carbocycles. The summed E-state index contributed by atoms with van der Waals surface area (Å²) in [4.78, 5) is 25.3. The van der Waals surface area contributed by atoms with E-state index in [9.17, 15) is 9.59 Å². The molecule has 0 bridgehead atoms. The minimum absolute atomic E-state index is 0.0589. The lowest BCUT2D eigenvalue weighted by Gasteiger charge is -2.21. The van der Waals surface area contributed by atoms with Crippen LogP contribution in [0.25, 0.3) is 0 Å². The second-order valence-corrected chi connectivity index (χ2v) is 5.29. The smallest absolute Gasteiger partial charge is 0.254 e. The van der Waals surface area contributed by atoms with Gasteiger partial charge in [-0.05, 0) is 40.5 Å². The second kappa shape index (κ2) is 7.50. The SMILES string of the molecule is CCCN(CC(=O)NC)C(=O)c1ccc(Cl)c(Br)c1. The van der Waals surface area contributed by atoms with Gasteiger partial charge in [0.25, 0.3) is 5.91 Å². The molecule has 1 aromatic rings. The molecule has 4 nitrogen and oxygen atoms in total. The minimum Gasteiger partial charge on any atom is -0.358 e.